The number of aromatic nitrogens is 3. The second-order valence-corrected chi connectivity index (χ2v) is 6.34. The van der Waals surface area contributed by atoms with Gasteiger partial charge in [-0.15, -0.1) is 0 Å². The summed E-state index contributed by atoms with van der Waals surface area (Å²) in [6, 6.07) is 11.8. The third-order valence-corrected chi connectivity index (χ3v) is 4.48. The van der Waals surface area contributed by atoms with Gasteiger partial charge in [-0.25, -0.2) is 9.97 Å². The summed E-state index contributed by atoms with van der Waals surface area (Å²) in [5.41, 5.74) is 3.92. The van der Waals surface area contributed by atoms with Crippen molar-refractivity contribution in [3.8, 4) is 23.0 Å². The summed E-state index contributed by atoms with van der Waals surface area (Å²) >= 11 is 0. The number of pyridine rings is 1. The zero-order valence-electron chi connectivity index (χ0n) is 15.1. The zero-order valence-corrected chi connectivity index (χ0v) is 15.1. The van der Waals surface area contributed by atoms with E-state index in [0.29, 0.717) is 12.4 Å². The van der Waals surface area contributed by atoms with E-state index in [0.717, 1.165) is 39.8 Å². The normalized spacial score (nSPS) is 12.3. The minimum atomic E-state index is 0.284. The molecule has 0 bridgehead atoms. The van der Waals surface area contributed by atoms with Crippen LogP contribution in [0.4, 0.5) is 5.82 Å². The van der Waals surface area contributed by atoms with Gasteiger partial charge in [-0.2, -0.15) is 0 Å². The topological polar surface area (TPSA) is 60.4 Å². The summed E-state index contributed by atoms with van der Waals surface area (Å²) in [4.78, 5) is 15.9. The van der Waals surface area contributed by atoms with E-state index in [1.54, 1.807) is 6.20 Å². The van der Waals surface area contributed by atoms with Crippen LogP contribution in [0.2, 0.25) is 0 Å². The average Bonchev–Trinajstić information content (AvgIpc) is 3.12. The lowest BCUT2D eigenvalue weighted by atomic mass is 10.1. The number of aryl methyl sites for hydroxylation is 1. The van der Waals surface area contributed by atoms with Gasteiger partial charge in [0.1, 0.15) is 11.5 Å². The summed E-state index contributed by atoms with van der Waals surface area (Å²) in [6.45, 7) is 5.03. The highest BCUT2D eigenvalue weighted by Crippen LogP contribution is 2.33. The van der Waals surface area contributed by atoms with Crippen LogP contribution in [0.25, 0.3) is 11.5 Å². The molecule has 0 spiro atoms. The number of anilines is 1. The molecule has 0 unspecified atom stereocenters. The van der Waals surface area contributed by atoms with E-state index in [1.807, 2.05) is 57.3 Å². The van der Waals surface area contributed by atoms with Crippen molar-refractivity contribution in [2.24, 2.45) is 0 Å². The quantitative estimate of drug-likeness (QED) is 0.719. The van der Waals surface area contributed by atoms with Gasteiger partial charge in [-0.1, -0.05) is 12.1 Å². The molecule has 3 heterocycles. The Hall–Kier alpha value is -3.15. The zero-order chi connectivity index (χ0) is 18.1. The van der Waals surface area contributed by atoms with Gasteiger partial charge in [-0.05, 0) is 43.7 Å². The number of hydrogen-bond acceptors (Lipinski definition) is 6. The van der Waals surface area contributed by atoms with Crippen molar-refractivity contribution in [1.82, 2.24) is 15.0 Å². The van der Waals surface area contributed by atoms with Crippen LogP contribution < -0.4 is 14.4 Å². The third kappa shape index (κ3) is 3.06. The molecular formula is C20H20N4O2. The first-order valence-corrected chi connectivity index (χ1v) is 8.48. The van der Waals surface area contributed by atoms with E-state index in [-0.39, 0.29) is 6.79 Å². The molecule has 6 nitrogen and oxygen atoms in total. The molecule has 0 aliphatic carbocycles. The van der Waals surface area contributed by atoms with E-state index in [2.05, 4.69) is 14.9 Å². The fraction of sp³-hybridized carbons (Fsp3) is 0.250. The number of benzene rings is 1. The van der Waals surface area contributed by atoms with Crippen LogP contribution in [0.15, 0.2) is 42.6 Å². The molecule has 26 heavy (non-hydrogen) atoms. The first-order valence-electron chi connectivity index (χ1n) is 8.48. The van der Waals surface area contributed by atoms with Gasteiger partial charge in [0.15, 0.2) is 17.3 Å². The Morgan fingerprint density at radius 2 is 1.88 bits per heavy atom. The molecule has 2 aromatic heterocycles. The first kappa shape index (κ1) is 16.3. The Morgan fingerprint density at radius 3 is 2.69 bits per heavy atom. The van der Waals surface area contributed by atoms with Crippen LogP contribution >= 0.6 is 0 Å². The van der Waals surface area contributed by atoms with Crippen LogP contribution in [-0.2, 0) is 6.54 Å². The van der Waals surface area contributed by atoms with Crippen molar-refractivity contribution in [2.45, 2.75) is 20.4 Å². The molecule has 6 heteroatoms. The highest BCUT2D eigenvalue weighted by molar-refractivity contribution is 5.57. The molecule has 3 aromatic rings. The standard InChI is InChI=1S/C20H20N4O2/c1-13-14(2)22-19(16-6-4-5-9-21-16)23-20(13)24(3)11-15-7-8-17-18(10-15)26-12-25-17/h4-10H,11-12H2,1-3H3. The Balaban J connectivity index is 1.65. The van der Waals surface area contributed by atoms with Crippen LogP contribution in [-0.4, -0.2) is 28.8 Å². The van der Waals surface area contributed by atoms with Crippen molar-refractivity contribution in [2.75, 3.05) is 18.7 Å². The van der Waals surface area contributed by atoms with Gasteiger partial charge >= 0.3 is 0 Å². The fourth-order valence-corrected chi connectivity index (χ4v) is 2.98. The minimum Gasteiger partial charge on any atom is -0.454 e. The van der Waals surface area contributed by atoms with Crippen LogP contribution in [0, 0.1) is 13.8 Å². The maximum Gasteiger partial charge on any atom is 0.231 e. The maximum absolute atomic E-state index is 5.47. The molecule has 0 atom stereocenters. The Kier molecular flexibility index (Phi) is 4.16. The van der Waals surface area contributed by atoms with Gasteiger partial charge in [0.05, 0.1) is 0 Å². The van der Waals surface area contributed by atoms with Crippen LogP contribution in [0.1, 0.15) is 16.8 Å². The second kappa shape index (κ2) is 6.63. The number of rotatable bonds is 4. The lowest BCUT2D eigenvalue weighted by Gasteiger charge is -2.22. The molecule has 1 aliphatic heterocycles. The molecule has 0 radical (unpaired) electrons. The van der Waals surface area contributed by atoms with Crippen LogP contribution in [0.3, 0.4) is 0 Å². The summed E-state index contributed by atoms with van der Waals surface area (Å²) < 4.78 is 10.9. The lowest BCUT2D eigenvalue weighted by Crippen LogP contribution is -2.20. The van der Waals surface area contributed by atoms with E-state index in [4.69, 9.17) is 14.5 Å². The van der Waals surface area contributed by atoms with Gasteiger partial charge < -0.3 is 14.4 Å². The summed E-state index contributed by atoms with van der Waals surface area (Å²) in [5.74, 6) is 3.13. The lowest BCUT2D eigenvalue weighted by molar-refractivity contribution is 0.174. The smallest absolute Gasteiger partial charge is 0.231 e. The number of fused-ring (bicyclic) bond motifs is 1. The summed E-state index contributed by atoms with van der Waals surface area (Å²) in [5, 5.41) is 0. The van der Waals surface area contributed by atoms with Gasteiger partial charge in [-0.3, -0.25) is 4.98 Å². The first-order chi connectivity index (χ1) is 12.6. The molecule has 0 fully saturated rings. The molecular weight excluding hydrogens is 328 g/mol. The molecule has 0 saturated carbocycles. The van der Waals surface area contributed by atoms with Crippen molar-refractivity contribution < 1.29 is 9.47 Å². The molecule has 0 N–H and O–H groups in total. The third-order valence-electron chi connectivity index (χ3n) is 4.48. The van der Waals surface area contributed by atoms with Crippen molar-refractivity contribution in [3.05, 3.63) is 59.4 Å². The van der Waals surface area contributed by atoms with Gasteiger partial charge in [0, 0.05) is 31.0 Å². The number of hydrogen-bond donors (Lipinski definition) is 0. The van der Waals surface area contributed by atoms with Gasteiger partial charge in [0.25, 0.3) is 0 Å². The van der Waals surface area contributed by atoms with Gasteiger partial charge in [0.2, 0.25) is 6.79 Å². The summed E-state index contributed by atoms with van der Waals surface area (Å²) in [6.07, 6.45) is 1.75. The SMILES string of the molecule is Cc1nc(-c2ccccn2)nc(N(C)Cc2ccc3c(c2)OCO3)c1C. The van der Waals surface area contributed by atoms with E-state index in [9.17, 15) is 0 Å². The predicted octanol–water partition coefficient (Wildman–Crippen LogP) is 3.52. The average molecular weight is 348 g/mol. The monoisotopic (exact) mass is 348 g/mol. The molecule has 0 saturated heterocycles. The molecule has 132 valence electrons. The van der Waals surface area contributed by atoms with Crippen molar-refractivity contribution >= 4 is 5.82 Å². The van der Waals surface area contributed by atoms with Crippen molar-refractivity contribution in [1.29, 1.82) is 0 Å². The molecule has 0 amide bonds. The van der Waals surface area contributed by atoms with Crippen LogP contribution in [0.5, 0.6) is 11.5 Å². The maximum atomic E-state index is 5.47. The Bertz CT molecular complexity index is 944. The van der Waals surface area contributed by atoms with E-state index in [1.165, 1.54) is 0 Å². The molecule has 1 aliphatic rings. The van der Waals surface area contributed by atoms with E-state index < -0.39 is 0 Å². The van der Waals surface area contributed by atoms with Crippen molar-refractivity contribution in [3.63, 3.8) is 0 Å². The molecule has 1 aromatic carbocycles. The fourth-order valence-electron chi connectivity index (χ4n) is 2.98. The Morgan fingerprint density at radius 1 is 1.04 bits per heavy atom. The largest absolute Gasteiger partial charge is 0.454 e. The predicted molar refractivity (Wildman–Crippen MR) is 99.4 cm³/mol. The highest BCUT2D eigenvalue weighted by atomic mass is 16.7. The summed E-state index contributed by atoms with van der Waals surface area (Å²) in [7, 11) is 2.03. The van der Waals surface area contributed by atoms with E-state index >= 15 is 0 Å². The number of ether oxygens (including phenoxy) is 2. The second-order valence-electron chi connectivity index (χ2n) is 6.34. The molecule has 4 rings (SSSR count). The highest BCUT2D eigenvalue weighted by Gasteiger charge is 2.17. The Labute approximate surface area is 152 Å². The number of nitrogens with zero attached hydrogens (tertiary/aromatic N) is 4. The minimum absolute atomic E-state index is 0.284.